The number of fused-ring (bicyclic) bond motifs is 2. The van der Waals surface area contributed by atoms with E-state index in [2.05, 4.69) is 16.0 Å². The highest BCUT2D eigenvalue weighted by Crippen LogP contribution is 2.47. The molecule has 10 heteroatoms. The summed E-state index contributed by atoms with van der Waals surface area (Å²) < 4.78 is 27.0. The predicted molar refractivity (Wildman–Crippen MR) is 163 cm³/mol. The van der Waals surface area contributed by atoms with Crippen LogP contribution < -0.4 is 20.3 Å². The highest BCUT2D eigenvalue weighted by atomic mass is 35.5. The van der Waals surface area contributed by atoms with Crippen molar-refractivity contribution in [3.8, 4) is 0 Å². The van der Waals surface area contributed by atoms with Gasteiger partial charge in [0.15, 0.2) is 0 Å². The van der Waals surface area contributed by atoms with E-state index in [4.69, 9.17) is 0 Å². The zero-order valence-corrected chi connectivity index (χ0v) is 24.9. The molecular weight excluding hydrogens is 548 g/mol. The summed E-state index contributed by atoms with van der Waals surface area (Å²) in [5.74, 6) is 0.585. The first-order valence-electron chi connectivity index (χ1n) is 14.4. The Labute approximate surface area is 244 Å². The van der Waals surface area contributed by atoms with E-state index >= 15 is 0 Å². The lowest BCUT2D eigenvalue weighted by atomic mass is 9.93. The van der Waals surface area contributed by atoms with E-state index < -0.39 is 22.2 Å². The maximum atomic E-state index is 13.7. The van der Waals surface area contributed by atoms with Gasteiger partial charge < -0.3 is 21.1 Å². The minimum Gasteiger partial charge on any atom is -0.390 e. The largest absolute Gasteiger partial charge is 0.390 e. The topological polar surface area (TPSA) is 111 Å². The number of rotatable bonds is 11. The van der Waals surface area contributed by atoms with Crippen LogP contribution in [0.25, 0.3) is 0 Å². The molecule has 5 rings (SSSR count). The van der Waals surface area contributed by atoms with Crippen LogP contribution in [0.2, 0.25) is 0 Å². The molecule has 0 spiro atoms. The second-order valence-corrected chi connectivity index (χ2v) is 13.6. The van der Waals surface area contributed by atoms with Gasteiger partial charge in [-0.3, -0.25) is 9.10 Å². The smallest absolute Gasteiger partial charge is 0.251 e. The summed E-state index contributed by atoms with van der Waals surface area (Å²) in [7, 11) is -3.42. The summed E-state index contributed by atoms with van der Waals surface area (Å²) >= 11 is 0. The number of aliphatic hydroxyl groups excluding tert-OH is 1. The van der Waals surface area contributed by atoms with Gasteiger partial charge in [0.05, 0.1) is 23.6 Å². The van der Waals surface area contributed by atoms with Crippen LogP contribution in [0.4, 0.5) is 11.4 Å². The molecule has 220 valence electrons. The second kappa shape index (κ2) is 13.1. The van der Waals surface area contributed by atoms with Crippen molar-refractivity contribution in [3.63, 3.8) is 0 Å². The molecule has 2 bridgehead atoms. The number of sulfonamides is 1. The van der Waals surface area contributed by atoms with Crippen molar-refractivity contribution in [1.82, 2.24) is 10.6 Å². The summed E-state index contributed by atoms with van der Waals surface area (Å²) in [6, 6.07) is 14.6. The molecule has 2 aromatic rings. The average Bonchev–Trinajstić information content (AvgIpc) is 3.53. The molecule has 1 heterocycles. The van der Waals surface area contributed by atoms with Crippen LogP contribution in [-0.2, 0) is 16.4 Å². The Morgan fingerprint density at radius 3 is 2.52 bits per heavy atom. The summed E-state index contributed by atoms with van der Waals surface area (Å²) in [5.41, 5.74) is 2.72. The fourth-order valence-corrected chi connectivity index (χ4v) is 8.20. The number of anilines is 2. The number of carbonyl (C=O) groups excluding carboxylic acids is 1. The van der Waals surface area contributed by atoms with Gasteiger partial charge in [-0.2, -0.15) is 0 Å². The first kappa shape index (κ1) is 30.6. The normalized spacial score (nSPS) is 24.6. The zero-order chi connectivity index (χ0) is 27.5. The molecule has 2 aromatic carbocycles. The maximum absolute atomic E-state index is 13.7. The second-order valence-electron chi connectivity index (χ2n) is 11.5. The van der Waals surface area contributed by atoms with Gasteiger partial charge in [0.25, 0.3) is 5.91 Å². The lowest BCUT2D eigenvalue weighted by Gasteiger charge is -2.32. The van der Waals surface area contributed by atoms with Crippen LogP contribution in [0.15, 0.2) is 48.5 Å². The van der Waals surface area contributed by atoms with Crippen LogP contribution in [0.3, 0.4) is 0 Å². The van der Waals surface area contributed by atoms with Crippen molar-refractivity contribution in [3.05, 3.63) is 59.7 Å². The predicted octanol–water partition coefficient (Wildman–Crippen LogP) is 4.09. The van der Waals surface area contributed by atoms with Gasteiger partial charge in [-0.05, 0) is 88.0 Å². The molecule has 2 saturated carbocycles. The molecule has 2 atom stereocenters. The van der Waals surface area contributed by atoms with Gasteiger partial charge in [-0.1, -0.05) is 30.3 Å². The van der Waals surface area contributed by atoms with Crippen LogP contribution in [0, 0.1) is 5.92 Å². The molecule has 40 heavy (non-hydrogen) atoms. The fourth-order valence-electron chi connectivity index (χ4n) is 6.58. The van der Waals surface area contributed by atoms with Crippen molar-refractivity contribution < 1.29 is 18.3 Å². The van der Waals surface area contributed by atoms with E-state index in [1.165, 1.54) is 23.6 Å². The third-order valence-corrected chi connectivity index (χ3v) is 10.6. The van der Waals surface area contributed by atoms with Crippen LogP contribution in [0.1, 0.15) is 67.8 Å². The van der Waals surface area contributed by atoms with Crippen molar-refractivity contribution in [1.29, 1.82) is 0 Å². The number of nitrogens with zero attached hydrogens (tertiary/aromatic N) is 1. The number of β-amino-alcohol motifs (C(OH)–C–C–N with tert-alkyl or cyclic N) is 1. The van der Waals surface area contributed by atoms with Gasteiger partial charge >= 0.3 is 0 Å². The maximum Gasteiger partial charge on any atom is 0.251 e. The number of halogens is 1. The third kappa shape index (κ3) is 7.11. The van der Waals surface area contributed by atoms with Crippen LogP contribution >= 0.6 is 12.4 Å². The van der Waals surface area contributed by atoms with Gasteiger partial charge in [0.1, 0.15) is 0 Å². The summed E-state index contributed by atoms with van der Waals surface area (Å²) in [6.07, 6.45) is 7.14. The van der Waals surface area contributed by atoms with Crippen molar-refractivity contribution in [2.24, 2.45) is 5.92 Å². The van der Waals surface area contributed by atoms with E-state index in [1.807, 2.05) is 37.3 Å². The number of benzene rings is 2. The summed E-state index contributed by atoms with van der Waals surface area (Å²) in [6.45, 7) is 3.42. The standard InChI is InChI=1S/C30H42N4O4S.ClH/c1-2-31-25-17-24(18-26(19-25)34-14-6-7-15-39(34,37)38)29(36)33-27(16-22-8-4-3-5-9-22)28(35)21-32-30-12-10-23(20-30)11-13-30;/h3-5,8-9,17-19,23,27-28,31-32,35H,2,6-7,10-16,20-21H2,1H3,(H,33,36);1H/t23?,27-,28+,30?;/m0./s1. The Morgan fingerprint density at radius 1 is 1.12 bits per heavy atom. The molecule has 0 aromatic heterocycles. The minimum atomic E-state index is -3.42. The number of nitrogens with one attached hydrogen (secondary N) is 3. The number of hydrogen-bond acceptors (Lipinski definition) is 6. The van der Waals surface area contributed by atoms with E-state index in [9.17, 15) is 18.3 Å². The highest BCUT2D eigenvalue weighted by Gasteiger charge is 2.44. The number of carbonyl (C=O) groups is 1. The fraction of sp³-hybridized carbons (Fsp3) is 0.567. The average molecular weight is 591 g/mol. The summed E-state index contributed by atoms with van der Waals surface area (Å²) in [4.78, 5) is 13.7. The molecule has 3 fully saturated rings. The summed E-state index contributed by atoms with van der Waals surface area (Å²) in [5, 5.41) is 21.3. The Kier molecular flexibility index (Phi) is 10.0. The molecule has 1 saturated heterocycles. The molecule has 4 N–H and O–H groups in total. The first-order chi connectivity index (χ1) is 18.8. The number of amides is 1. The van der Waals surface area contributed by atoms with Crippen molar-refractivity contribution in [2.75, 3.05) is 35.0 Å². The molecule has 8 nitrogen and oxygen atoms in total. The Balaban J connectivity index is 0.00000370. The third-order valence-electron chi connectivity index (χ3n) is 8.71. The molecule has 1 aliphatic heterocycles. The monoisotopic (exact) mass is 590 g/mol. The van der Waals surface area contributed by atoms with E-state index in [-0.39, 0.29) is 29.6 Å². The van der Waals surface area contributed by atoms with Crippen molar-refractivity contribution >= 4 is 39.7 Å². The molecule has 1 amide bonds. The minimum absolute atomic E-state index is 0. The van der Waals surface area contributed by atoms with Gasteiger partial charge in [-0.25, -0.2) is 8.42 Å². The van der Waals surface area contributed by atoms with Gasteiger partial charge in [0.2, 0.25) is 10.0 Å². The lowest BCUT2D eigenvalue weighted by molar-refractivity contribution is 0.0808. The molecule has 2 aliphatic carbocycles. The zero-order valence-electron chi connectivity index (χ0n) is 23.3. The molecular formula is C30H43ClN4O4S. The van der Waals surface area contributed by atoms with Crippen molar-refractivity contribution in [2.45, 2.75) is 76.0 Å². The first-order valence-corrected chi connectivity index (χ1v) is 16.1. The highest BCUT2D eigenvalue weighted by molar-refractivity contribution is 7.92. The van der Waals surface area contributed by atoms with E-state index in [1.54, 1.807) is 18.2 Å². The van der Waals surface area contributed by atoms with Gasteiger partial charge in [0, 0.05) is 36.4 Å². The quantitative estimate of drug-likeness (QED) is 0.314. The van der Waals surface area contributed by atoms with E-state index in [0.717, 1.165) is 30.7 Å². The molecule has 0 radical (unpaired) electrons. The molecule has 0 unspecified atom stereocenters. The van der Waals surface area contributed by atoms with Crippen LogP contribution in [-0.4, -0.2) is 62.5 Å². The SMILES string of the molecule is CCNc1cc(C(=O)N[C@@H](Cc2ccccc2)[C@H](O)CNC23CCC(CC2)C3)cc(N2CCCCS2(=O)=O)c1.Cl. The Hall–Kier alpha value is -2.33. The Bertz CT molecular complexity index is 1250. The lowest BCUT2D eigenvalue weighted by Crippen LogP contribution is -2.52. The number of hydrogen-bond donors (Lipinski definition) is 4. The molecule has 3 aliphatic rings. The van der Waals surface area contributed by atoms with Crippen LogP contribution in [0.5, 0.6) is 0 Å². The Morgan fingerprint density at radius 2 is 1.88 bits per heavy atom. The van der Waals surface area contributed by atoms with Gasteiger partial charge in [-0.15, -0.1) is 12.4 Å². The number of aliphatic hydroxyl groups is 1. The van der Waals surface area contributed by atoms with E-state index in [0.29, 0.717) is 49.4 Å².